The number of aryl methyl sites for hydroxylation is 1. The lowest BCUT2D eigenvalue weighted by Gasteiger charge is -2.02. The molecule has 0 aliphatic heterocycles. The normalized spacial score (nSPS) is 11.0. The van der Waals surface area contributed by atoms with Crippen molar-refractivity contribution in [2.45, 2.75) is 16.9 Å². The lowest BCUT2D eigenvalue weighted by Crippen LogP contribution is -1.83. The molecule has 1 aromatic carbocycles. The minimum Gasteiger partial charge on any atom is -0.375 e. The molecule has 2 heterocycles. The van der Waals surface area contributed by atoms with Gasteiger partial charge in [-0.25, -0.2) is 4.98 Å². The van der Waals surface area contributed by atoms with Gasteiger partial charge < -0.3 is 5.73 Å². The summed E-state index contributed by atoms with van der Waals surface area (Å²) in [5.41, 5.74) is 9.06. The van der Waals surface area contributed by atoms with Gasteiger partial charge in [-0.3, -0.25) is 4.98 Å². The number of thioether (sulfide) groups is 1. The Morgan fingerprint density at radius 2 is 2.21 bits per heavy atom. The van der Waals surface area contributed by atoms with Crippen LogP contribution in [-0.4, -0.2) is 9.97 Å². The van der Waals surface area contributed by atoms with E-state index in [1.165, 1.54) is 15.2 Å². The lowest BCUT2D eigenvalue weighted by molar-refractivity contribution is 1.21. The Kier molecular flexibility index (Phi) is 3.40. The Morgan fingerprint density at radius 3 is 3.00 bits per heavy atom. The summed E-state index contributed by atoms with van der Waals surface area (Å²) in [5.74, 6) is 0.924. The SMILES string of the molecule is Cc1nc(N)sc1SCc1ccc2ncccc2c1. The molecular weight excluding hydrogens is 274 g/mol. The fourth-order valence-corrected chi connectivity index (χ4v) is 3.87. The number of aromatic nitrogens is 2. The van der Waals surface area contributed by atoms with Crippen LogP contribution in [0, 0.1) is 6.92 Å². The highest BCUT2D eigenvalue weighted by molar-refractivity contribution is 8.00. The maximum absolute atomic E-state index is 5.71. The van der Waals surface area contributed by atoms with Crippen LogP contribution in [0.4, 0.5) is 5.13 Å². The van der Waals surface area contributed by atoms with Crippen molar-refractivity contribution in [2.24, 2.45) is 0 Å². The van der Waals surface area contributed by atoms with Gasteiger partial charge >= 0.3 is 0 Å². The summed E-state index contributed by atoms with van der Waals surface area (Å²) >= 11 is 3.34. The van der Waals surface area contributed by atoms with Crippen LogP contribution in [-0.2, 0) is 5.75 Å². The average molecular weight is 287 g/mol. The first kappa shape index (κ1) is 12.4. The third-order valence-corrected chi connectivity index (χ3v) is 5.23. The van der Waals surface area contributed by atoms with Crippen LogP contribution >= 0.6 is 23.1 Å². The summed E-state index contributed by atoms with van der Waals surface area (Å²) in [5, 5.41) is 1.82. The second-order valence-electron chi connectivity index (χ2n) is 4.24. The van der Waals surface area contributed by atoms with Crippen molar-refractivity contribution in [1.29, 1.82) is 0 Å². The quantitative estimate of drug-likeness (QED) is 0.743. The van der Waals surface area contributed by atoms with E-state index in [2.05, 4.69) is 34.2 Å². The molecule has 2 N–H and O–H groups in total. The van der Waals surface area contributed by atoms with Gasteiger partial charge in [0.25, 0.3) is 0 Å². The van der Waals surface area contributed by atoms with E-state index in [4.69, 9.17) is 5.73 Å². The van der Waals surface area contributed by atoms with Gasteiger partial charge in [0.2, 0.25) is 0 Å². The van der Waals surface area contributed by atoms with E-state index in [9.17, 15) is 0 Å². The predicted molar refractivity (Wildman–Crippen MR) is 82.6 cm³/mol. The molecule has 5 heteroatoms. The molecule has 0 atom stereocenters. The molecule has 0 fully saturated rings. The summed E-state index contributed by atoms with van der Waals surface area (Å²) in [4.78, 5) is 8.57. The van der Waals surface area contributed by atoms with Gasteiger partial charge in [0.15, 0.2) is 5.13 Å². The zero-order valence-electron chi connectivity index (χ0n) is 10.5. The largest absolute Gasteiger partial charge is 0.375 e. The molecular formula is C14H13N3S2. The van der Waals surface area contributed by atoms with E-state index in [1.54, 1.807) is 23.1 Å². The van der Waals surface area contributed by atoms with E-state index in [0.29, 0.717) is 5.13 Å². The molecule has 3 nitrogen and oxygen atoms in total. The van der Waals surface area contributed by atoms with Crippen LogP contribution in [0.3, 0.4) is 0 Å². The van der Waals surface area contributed by atoms with E-state index in [-0.39, 0.29) is 0 Å². The number of anilines is 1. The van der Waals surface area contributed by atoms with Crippen molar-refractivity contribution < 1.29 is 0 Å². The number of fused-ring (bicyclic) bond motifs is 1. The molecule has 0 saturated heterocycles. The second-order valence-corrected chi connectivity index (χ2v) is 6.52. The Labute approximate surface area is 119 Å². The highest BCUT2D eigenvalue weighted by Gasteiger charge is 2.06. The van der Waals surface area contributed by atoms with Gasteiger partial charge in [-0.2, -0.15) is 0 Å². The van der Waals surface area contributed by atoms with Gasteiger partial charge in [-0.05, 0) is 30.7 Å². The summed E-state index contributed by atoms with van der Waals surface area (Å²) in [6.45, 7) is 2.00. The first-order valence-corrected chi connectivity index (χ1v) is 7.72. The molecule has 0 aliphatic carbocycles. The molecule has 0 radical (unpaired) electrons. The lowest BCUT2D eigenvalue weighted by atomic mass is 10.1. The fourth-order valence-electron chi connectivity index (χ4n) is 1.90. The van der Waals surface area contributed by atoms with E-state index >= 15 is 0 Å². The number of hydrogen-bond acceptors (Lipinski definition) is 5. The standard InChI is InChI=1S/C14H13N3S2/c1-9-13(19-14(15)17-9)18-8-10-4-5-12-11(7-10)3-2-6-16-12/h2-7H,8H2,1H3,(H2,15,17). The molecule has 96 valence electrons. The maximum Gasteiger partial charge on any atom is 0.181 e. The monoisotopic (exact) mass is 287 g/mol. The maximum atomic E-state index is 5.71. The highest BCUT2D eigenvalue weighted by Crippen LogP contribution is 2.33. The fraction of sp³-hybridized carbons (Fsp3) is 0.143. The number of benzene rings is 1. The van der Waals surface area contributed by atoms with Gasteiger partial charge in [0, 0.05) is 17.3 Å². The van der Waals surface area contributed by atoms with Crippen LogP contribution < -0.4 is 5.73 Å². The Bertz CT molecular complexity index is 722. The van der Waals surface area contributed by atoms with Gasteiger partial charge in [0.1, 0.15) is 0 Å². The van der Waals surface area contributed by atoms with Crippen molar-refractivity contribution in [3.8, 4) is 0 Å². The zero-order valence-corrected chi connectivity index (χ0v) is 12.1. The third kappa shape index (κ3) is 2.72. The number of nitrogen functional groups attached to an aromatic ring is 1. The van der Waals surface area contributed by atoms with Crippen LogP contribution in [0.25, 0.3) is 10.9 Å². The molecule has 0 saturated carbocycles. The number of nitrogens with zero attached hydrogens (tertiary/aromatic N) is 2. The molecule has 0 unspecified atom stereocenters. The van der Waals surface area contributed by atoms with Crippen LogP contribution in [0.1, 0.15) is 11.3 Å². The number of hydrogen-bond donors (Lipinski definition) is 1. The van der Waals surface area contributed by atoms with Crippen molar-refractivity contribution in [2.75, 3.05) is 5.73 Å². The topological polar surface area (TPSA) is 51.8 Å². The Morgan fingerprint density at radius 1 is 1.32 bits per heavy atom. The molecule has 0 bridgehead atoms. The zero-order chi connectivity index (χ0) is 13.2. The van der Waals surface area contributed by atoms with Crippen molar-refractivity contribution in [1.82, 2.24) is 9.97 Å². The Balaban J connectivity index is 1.80. The molecule has 3 aromatic rings. The van der Waals surface area contributed by atoms with Crippen molar-refractivity contribution in [3.63, 3.8) is 0 Å². The second kappa shape index (κ2) is 5.19. The number of rotatable bonds is 3. The van der Waals surface area contributed by atoms with E-state index in [0.717, 1.165) is 17.0 Å². The van der Waals surface area contributed by atoms with Gasteiger partial charge in [-0.1, -0.05) is 23.5 Å². The third-order valence-electron chi connectivity index (χ3n) is 2.81. The molecule has 0 spiro atoms. The van der Waals surface area contributed by atoms with E-state index in [1.807, 2.05) is 19.2 Å². The van der Waals surface area contributed by atoms with Gasteiger partial charge in [0.05, 0.1) is 15.4 Å². The summed E-state index contributed by atoms with van der Waals surface area (Å²) in [6, 6.07) is 10.4. The van der Waals surface area contributed by atoms with Crippen molar-refractivity contribution in [3.05, 3.63) is 47.8 Å². The van der Waals surface area contributed by atoms with Crippen LogP contribution in [0.2, 0.25) is 0 Å². The molecule has 3 rings (SSSR count). The number of pyridine rings is 1. The minimum absolute atomic E-state index is 0.641. The summed E-state index contributed by atoms with van der Waals surface area (Å²) < 4.78 is 1.20. The average Bonchev–Trinajstić information content (AvgIpc) is 2.74. The molecule has 0 amide bonds. The summed E-state index contributed by atoms with van der Waals surface area (Å²) in [6.07, 6.45) is 1.82. The first-order valence-electron chi connectivity index (χ1n) is 5.92. The predicted octanol–water partition coefficient (Wildman–Crippen LogP) is 3.87. The molecule has 0 aliphatic rings. The van der Waals surface area contributed by atoms with Crippen LogP contribution in [0.15, 0.2) is 40.7 Å². The van der Waals surface area contributed by atoms with E-state index < -0.39 is 0 Å². The van der Waals surface area contributed by atoms with Gasteiger partial charge in [-0.15, -0.1) is 11.8 Å². The first-order chi connectivity index (χ1) is 9.22. The highest BCUT2D eigenvalue weighted by atomic mass is 32.2. The Hall–Kier alpha value is -1.59. The minimum atomic E-state index is 0.641. The molecule has 2 aromatic heterocycles. The summed E-state index contributed by atoms with van der Waals surface area (Å²) in [7, 11) is 0. The molecule has 19 heavy (non-hydrogen) atoms. The van der Waals surface area contributed by atoms with Crippen LogP contribution in [0.5, 0.6) is 0 Å². The van der Waals surface area contributed by atoms with Crippen molar-refractivity contribution >= 4 is 39.1 Å². The smallest absolute Gasteiger partial charge is 0.181 e. The number of nitrogens with two attached hydrogens (primary N) is 1. The number of thiazole rings is 1.